The first kappa shape index (κ1) is 14.0. The van der Waals surface area contributed by atoms with E-state index in [1.165, 1.54) is 0 Å². The zero-order valence-electron chi connectivity index (χ0n) is 12.4. The van der Waals surface area contributed by atoms with E-state index in [1.54, 1.807) is 4.90 Å². The molecule has 0 bridgehead atoms. The lowest BCUT2D eigenvalue weighted by Gasteiger charge is -2.22. The summed E-state index contributed by atoms with van der Waals surface area (Å²) in [5, 5.41) is 0. The van der Waals surface area contributed by atoms with Gasteiger partial charge in [0.25, 0.3) is 0 Å². The van der Waals surface area contributed by atoms with Gasteiger partial charge >= 0.3 is 0 Å². The van der Waals surface area contributed by atoms with Crippen molar-refractivity contribution in [1.82, 2.24) is 4.90 Å². The zero-order valence-corrected chi connectivity index (χ0v) is 12.4. The number of amides is 1. The van der Waals surface area contributed by atoms with Gasteiger partial charge in [0, 0.05) is 20.0 Å². The van der Waals surface area contributed by atoms with Crippen molar-refractivity contribution >= 4 is 5.91 Å². The molecule has 0 saturated carbocycles. The molecule has 0 fully saturated rings. The topological polar surface area (TPSA) is 38.8 Å². The number of carbonyl (C=O) groups is 1. The minimum absolute atomic E-state index is 0.196. The number of carbonyl (C=O) groups excluding carboxylic acids is 1. The molecule has 1 aliphatic heterocycles. The highest BCUT2D eigenvalue weighted by Gasteiger charge is 2.18. The van der Waals surface area contributed by atoms with Gasteiger partial charge in [0.15, 0.2) is 11.5 Å². The molecule has 112 valence electrons. The van der Waals surface area contributed by atoms with Crippen molar-refractivity contribution in [2.24, 2.45) is 5.92 Å². The molecule has 2 aliphatic rings. The number of ether oxygens (including phenoxy) is 2. The number of fused-ring (bicyclic) bond motifs is 1. The quantitative estimate of drug-likeness (QED) is 0.799. The van der Waals surface area contributed by atoms with Gasteiger partial charge in [0.05, 0.1) is 0 Å². The van der Waals surface area contributed by atoms with Crippen molar-refractivity contribution in [2.75, 3.05) is 20.3 Å². The van der Waals surface area contributed by atoms with E-state index in [-0.39, 0.29) is 5.91 Å². The van der Waals surface area contributed by atoms with Crippen LogP contribution in [0.15, 0.2) is 30.4 Å². The van der Waals surface area contributed by atoms with Crippen LogP contribution >= 0.6 is 0 Å². The molecule has 1 aromatic carbocycles. The third kappa shape index (κ3) is 3.38. The van der Waals surface area contributed by atoms with Crippen molar-refractivity contribution in [3.8, 4) is 11.5 Å². The Balaban J connectivity index is 1.60. The van der Waals surface area contributed by atoms with Crippen LogP contribution in [0.3, 0.4) is 0 Å². The molecule has 4 heteroatoms. The summed E-state index contributed by atoms with van der Waals surface area (Å²) in [4.78, 5) is 14.0. The maximum Gasteiger partial charge on any atom is 0.223 e. The van der Waals surface area contributed by atoms with Gasteiger partial charge in [-0.15, -0.1) is 0 Å². The molecule has 0 aromatic heterocycles. The lowest BCUT2D eigenvalue weighted by Crippen LogP contribution is -2.27. The Morgan fingerprint density at radius 3 is 2.86 bits per heavy atom. The molecular weight excluding hydrogens is 266 g/mol. The number of hydrogen-bond acceptors (Lipinski definition) is 3. The summed E-state index contributed by atoms with van der Waals surface area (Å²) in [6, 6.07) is 5.88. The molecule has 1 amide bonds. The smallest absolute Gasteiger partial charge is 0.223 e. The molecule has 3 rings (SSSR count). The number of nitrogens with zero attached hydrogens (tertiary/aromatic N) is 1. The molecule has 21 heavy (non-hydrogen) atoms. The third-order valence-electron chi connectivity index (χ3n) is 4.00. The fourth-order valence-corrected chi connectivity index (χ4v) is 2.79. The summed E-state index contributed by atoms with van der Waals surface area (Å²) < 4.78 is 11.1. The van der Waals surface area contributed by atoms with E-state index in [4.69, 9.17) is 9.47 Å². The van der Waals surface area contributed by atoms with Crippen molar-refractivity contribution in [3.63, 3.8) is 0 Å². The van der Waals surface area contributed by atoms with Crippen LogP contribution in [0.2, 0.25) is 0 Å². The summed E-state index contributed by atoms with van der Waals surface area (Å²) in [5.41, 5.74) is 1.07. The summed E-state index contributed by atoms with van der Waals surface area (Å²) in [7, 11) is 1.86. The molecule has 1 heterocycles. The monoisotopic (exact) mass is 287 g/mol. The first-order valence-corrected chi connectivity index (χ1v) is 7.51. The van der Waals surface area contributed by atoms with Crippen molar-refractivity contribution < 1.29 is 14.3 Å². The Labute approximate surface area is 125 Å². The fraction of sp³-hybridized carbons (Fsp3) is 0.471. The van der Waals surface area contributed by atoms with E-state index in [0.29, 0.717) is 32.1 Å². The molecule has 0 N–H and O–H groups in total. The largest absolute Gasteiger partial charge is 0.486 e. The summed E-state index contributed by atoms with van der Waals surface area (Å²) in [5.74, 6) is 2.18. The highest BCUT2D eigenvalue weighted by molar-refractivity contribution is 5.76. The first-order chi connectivity index (χ1) is 10.2. The standard InChI is InChI=1S/C17H21NO3/c1-18(17(19)11-13-4-2-3-5-13)12-14-6-7-15-16(10-14)21-9-8-20-15/h2,4,6-7,10,13H,3,5,8-9,11-12H2,1H3. The first-order valence-electron chi connectivity index (χ1n) is 7.51. The number of rotatable bonds is 4. The maximum atomic E-state index is 12.2. The van der Waals surface area contributed by atoms with Gasteiger partial charge in [-0.25, -0.2) is 0 Å². The van der Waals surface area contributed by atoms with E-state index >= 15 is 0 Å². The predicted molar refractivity (Wildman–Crippen MR) is 80.4 cm³/mol. The normalized spacial score (nSPS) is 19.6. The van der Waals surface area contributed by atoms with Gasteiger partial charge in [0.1, 0.15) is 13.2 Å². The maximum absolute atomic E-state index is 12.2. The van der Waals surface area contributed by atoms with Crippen LogP contribution in [0.4, 0.5) is 0 Å². The van der Waals surface area contributed by atoms with Crippen molar-refractivity contribution in [1.29, 1.82) is 0 Å². The SMILES string of the molecule is CN(Cc1ccc2c(c1)OCCO2)C(=O)CC1C=CCC1. The van der Waals surface area contributed by atoms with Gasteiger partial charge in [-0.05, 0) is 36.5 Å². The molecule has 0 radical (unpaired) electrons. The van der Waals surface area contributed by atoms with Gasteiger partial charge in [-0.2, -0.15) is 0 Å². The number of hydrogen-bond donors (Lipinski definition) is 0. The molecule has 1 unspecified atom stereocenters. The Morgan fingerprint density at radius 2 is 2.10 bits per heavy atom. The average Bonchev–Trinajstić information content (AvgIpc) is 3.00. The lowest BCUT2D eigenvalue weighted by atomic mass is 10.0. The van der Waals surface area contributed by atoms with Crippen LogP contribution in [0, 0.1) is 5.92 Å². The van der Waals surface area contributed by atoms with E-state index in [2.05, 4.69) is 12.2 Å². The molecule has 4 nitrogen and oxygen atoms in total. The van der Waals surface area contributed by atoms with Crippen molar-refractivity contribution in [2.45, 2.75) is 25.8 Å². The minimum atomic E-state index is 0.196. The van der Waals surface area contributed by atoms with Crippen LogP contribution < -0.4 is 9.47 Å². The number of benzene rings is 1. The van der Waals surface area contributed by atoms with Crippen molar-refractivity contribution in [3.05, 3.63) is 35.9 Å². The summed E-state index contributed by atoms with van der Waals surface area (Å²) in [6.07, 6.45) is 7.14. The van der Waals surface area contributed by atoms with Gasteiger partial charge in [0.2, 0.25) is 5.91 Å². The second kappa shape index (κ2) is 6.20. The summed E-state index contributed by atoms with van der Waals surface area (Å²) in [6.45, 7) is 1.78. The van der Waals surface area contributed by atoms with E-state index < -0.39 is 0 Å². The summed E-state index contributed by atoms with van der Waals surface area (Å²) >= 11 is 0. The lowest BCUT2D eigenvalue weighted by molar-refractivity contribution is -0.131. The van der Waals surface area contributed by atoms with Crippen LogP contribution in [0.5, 0.6) is 11.5 Å². The van der Waals surface area contributed by atoms with Crippen LogP contribution in [0.25, 0.3) is 0 Å². The molecular formula is C17H21NO3. The minimum Gasteiger partial charge on any atom is -0.486 e. The van der Waals surface area contributed by atoms with E-state index in [1.807, 2.05) is 25.2 Å². The van der Waals surface area contributed by atoms with Crippen LogP contribution in [0.1, 0.15) is 24.8 Å². The van der Waals surface area contributed by atoms with Crippen LogP contribution in [-0.2, 0) is 11.3 Å². The van der Waals surface area contributed by atoms with Crippen LogP contribution in [-0.4, -0.2) is 31.1 Å². The Hall–Kier alpha value is -1.97. The second-order valence-electron chi connectivity index (χ2n) is 5.70. The fourth-order valence-electron chi connectivity index (χ4n) is 2.79. The third-order valence-corrected chi connectivity index (χ3v) is 4.00. The van der Waals surface area contributed by atoms with Gasteiger partial charge < -0.3 is 14.4 Å². The van der Waals surface area contributed by atoms with Gasteiger partial charge in [-0.3, -0.25) is 4.79 Å². The molecule has 1 atom stereocenters. The molecule has 0 saturated heterocycles. The molecule has 1 aliphatic carbocycles. The van der Waals surface area contributed by atoms with E-state index in [9.17, 15) is 4.79 Å². The zero-order chi connectivity index (χ0) is 14.7. The highest BCUT2D eigenvalue weighted by Crippen LogP contribution is 2.31. The molecule has 0 spiro atoms. The Bertz CT molecular complexity index is 553. The van der Waals surface area contributed by atoms with Gasteiger partial charge in [-0.1, -0.05) is 18.2 Å². The number of allylic oxidation sites excluding steroid dienone is 2. The second-order valence-corrected chi connectivity index (χ2v) is 5.70. The highest BCUT2D eigenvalue weighted by atomic mass is 16.6. The average molecular weight is 287 g/mol. The van der Waals surface area contributed by atoms with E-state index in [0.717, 1.165) is 29.9 Å². The Morgan fingerprint density at radius 1 is 1.29 bits per heavy atom. The molecule has 1 aromatic rings. The Kier molecular flexibility index (Phi) is 4.13. The predicted octanol–water partition coefficient (Wildman–Crippen LogP) is 2.77.